The average Bonchev–Trinajstić information content (AvgIpc) is 2.14. The van der Waals surface area contributed by atoms with Gasteiger partial charge in [0, 0.05) is 5.75 Å². The van der Waals surface area contributed by atoms with Gasteiger partial charge in [-0.05, 0) is 42.6 Å². The molecule has 2 rings (SSSR count). The molecule has 1 aliphatic rings. The summed E-state index contributed by atoms with van der Waals surface area (Å²) in [5.41, 5.74) is 3.16. The molecule has 1 fully saturated rings. The quantitative estimate of drug-likeness (QED) is 0.821. The lowest BCUT2D eigenvalue weighted by Crippen LogP contribution is -2.40. The van der Waals surface area contributed by atoms with Gasteiger partial charge in [0.15, 0.2) is 0 Å². The number of hydrogen-bond acceptors (Lipinski definition) is 2. The summed E-state index contributed by atoms with van der Waals surface area (Å²) in [6.45, 7) is 8.69. The zero-order valence-electron chi connectivity index (χ0n) is 11.2. The van der Waals surface area contributed by atoms with Crippen molar-refractivity contribution in [3.8, 4) is 0 Å². The van der Waals surface area contributed by atoms with Crippen molar-refractivity contribution < 1.29 is 5.11 Å². The van der Waals surface area contributed by atoms with Gasteiger partial charge in [-0.2, -0.15) is 11.8 Å². The first kappa shape index (κ1) is 13.0. The van der Waals surface area contributed by atoms with Gasteiger partial charge in [-0.15, -0.1) is 0 Å². The van der Waals surface area contributed by atoms with Gasteiger partial charge in [0.2, 0.25) is 0 Å². The Balaban J connectivity index is 2.37. The van der Waals surface area contributed by atoms with Crippen LogP contribution in [0.1, 0.15) is 37.0 Å². The predicted molar refractivity (Wildman–Crippen MR) is 75.5 cm³/mol. The SMILES string of the molecule is Cc1ccc(C2(O)CSCC(C)(C)C2)c(C)c1. The monoisotopic (exact) mass is 250 g/mol. The van der Waals surface area contributed by atoms with Crippen molar-refractivity contribution in [2.24, 2.45) is 5.41 Å². The van der Waals surface area contributed by atoms with Gasteiger partial charge >= 0.3 is 0 Å². The molecule has 0 aliphatic carbocycles. The minimum atomic E-state index is -0.649. The number of rotatable bonds is 1. The Kier molecular flexibility index (Phi) is 3.30. The standard InChI is InChI=1S/C15H22OS/c1-11-5-6-13(12(2)7-11)15(16)8-14(3,4)9-17-10-15/h5-7,16H,8-10H2,1-4H3. The van der Waals surface area contributed by atoms with E-state index in [4.69, 9.17) is 0 Å². The normalized spacial score (nSPS) is 28.1. The molecule has 2 heteroatoms. The van der Waals surface area contributed by atoms with Crippen LogP contribution in [0.4, 0.5) is 0 Å². The van der Waals surface area contributed by atoms with Crippen LogP contribution >= 0.6 is 11.8 Å². The second kappa shape index (κ2) is 4.33. The van der Waals surface area contributed by atoms with Gasteiger partial charge in [0.05, 0.1) is 5.60 Å². The fourth-order valence-electron chi connectivity index (χ4n) is 2.90. The molecule has 17 heavy (non-hydrogen) atoms. The Morgan fingerprint density at radius 2 is 1.88 bits per heavy atom. The van der Waals surface area contributed by atoms with Crippen molar-refractivity contribution in [2.75, 3.05) is 11.5 Å². The molecule has 0 aromatic heterocycles. The zero-order valence-corrected chi connectivity index (χ0v) is 12.0. The van der Waals surface area contributed by atoms with E-state index in [0.717, 1.165) is 23.5 Å². The van der Waals surface area contributed by atoms with Gasteiger partial charge in [-0.3, -0.25) is 0 Å². The summed E-state index contributed by atoms with van der Waals surface area (Å²) in [5, 5.41) is 10.9. The Morgan fingerprint density at radius 1 is 1.18 bits per heavy atom. The first-order valence-electron chi connectivity index (χ1n) is 6.20. The average molecular weight is 250 g/mol. The molecule has 0 radical (unpaired) electrons. The van der Waals surface area contributed by atoms with Crippen molar-refractivity contribution in [1.29, 1.82) is 0 Å². The van der Waals surface area contributed by atoms with Crippen molar-refractivity contribution in [1.82, 2.24) is 0 Å². The number of hydrogen-bond donors (Lipinski definition) is 1. The van der Waals surface area contributed by atoms with E-state index in [-0.39, 0.29) is 5.41 Å². The van der Waals surface area contributed by atoms with Crippen LogP contribution in [0.3, 0.4) is 0 Å². The molecule has 0 bridgehead atoms. The molecule has 1 N–H and O–H groups in total. The highest BCUT2D eigenvalue weighted by atomic mass is 32.2. The zero-order chi connectivity index (χ0) is 12.7. The van der Waals surface area contributed by atoms with Crippen LogP contribution in [-0.4, -0.2) is 16.6 Å². The molecule has 0 saturated carbocycles. The number of aryl methyl sites for hydroxylation is 2. The van der Waals surface area contributed by atoms with Gasteiger partial charge in [0.1, 0.15) is 0 Å². The van der Waals surface area contributed by atoms with E-state index in [1.165, 1.54) is 11.1 Å². The number of benzene rings is 1. The van der Waals surface area contributed by atoms with E-state index in [1.807, 2.05) is 11.8 Å². The molecule has 1 saturated heterocycles. The Bertz CT molecular complexity index is 425. The van der Waals surface area contributed by atoms with E-state index >= 15 is 0 Å². The summed E-state index contributed by atoms with van der Waals surface area (Å²) in [7, 11) is 0. The van der Waals surface area contributed by atoms with Crippen LogP contribution in [0.25, 0.3) is 0 Å². The fraction of sp³-hybridized carbons (Fsp3) is 0.600. The number of aliphatic hydroxyl groups is 1. The predicted octanol–water partition coefficient (Wildman–Crippen LogP) is 3.65. The van der Waals surface area contributed by atoms with Gasteiger partial charge in [-0.1, -0.05) is 37.6 Å². The van der Waals surface area contributed by atoms with Crippen LogP contribution in [0.2, 0.25) is 0 Å². The van der Waals surface area contributed by atoms with Crippen molar-refractivity contribution in [2.45, 2.75) is 39.7 Å². The summed E-state index contributed by atoms with van der Waals surface area (Å²) in [6.07, 6.45) is 0.858. The van der Waals surface area contributed by atoms with E-state index in [0.29, 0.717) is 0 Å². The van der Waals surface area contributed by atoms with Crippen LogP contribution in [0.5, 0.6) is 0 Å². The Labute approximate surface area is 109 Å². The third kappa shape index (κ3) is 2.69. The maximum atomic E-state index is 10.9. The molecule has 1 nitrogen and oxygen atoms in total. The molecule has 1 aromatic carbocycles. The summed E-state index contributed by atoms with van der Waals surface area (Å²) in [5.74, 6) is 1.96. The molecule has 94 valence electrons. The second-order valence-corrected chi connectivity index (χ2v) is 7.17. The fourth-order valence-corrected chi connectivity index (χ4v) is 4.25. The van der Waals surface area contributed by atoms with E-state index < -0.39 is 5.60 Å². The third-order valence-electron chi connectivity index (χ3n) is 3.49. The van der Waals surface area contributed by atoms with E-state index in [2.05, 4.69) is 45.9 Å². The molecule has 1 heterocycles. The largest absolute Gasteiger partial charge is 0.384 e. The molecule has 1 unspecified atom stereocenters. The van der Waals surface area contributed by atoms with Crippen molar-refractivity contribution in [3.63, 3.8) is 0 Å². The minimum Gasteiger partial charge on any atom is -0.384 e. The first-order chi connectivity index (χ1) is 7.82. The highest BCUT2D eigenvalue weighted by molar-refractivity contribution is 7.99. The highest BCUT2D eigenvalue weighted by Crippen LogP contribution is 2.45. The summed E-state index contributed by atoms with van der Waals surface area (Å²) in [6, 6.07) is 6.37. The summed E-state index contributed by atoms with van der Waals surface area (Å²) in [4.78, 5) is 0. The van der Waals surface area contributed by atoms with E-state index in [9.17, 15) is 5.11 Å². The Hall–Kier alpha value is -0.470. The summed E-state index contributed by atoms with van der Waals surface area (Å²) < 4.78 is 0. The number of thioether (sulfide) groups is 1. The molecule has 1 aliphatic heterocycles. The summed E-state index contributed by atoms with van der Waals surface area (Å²) >= 11 is 1.87. The molecule has 1 aromatic rings. The third-order valence-corrected chi connectivity index (χ3v) is 5.16. The van der Waals surface area contributed by atoms with Gasteiger partial charge in [-0.25, -0.2) is 0 Å². The maximum absolute atomic E-state index is 10.9. The van der Waals surface area contributed by atoms with Crippen LogP contribution in [0, 0.1) is 19.3 Å². The maximum Gasteiger partial charge on any atom is 0.0994 e. The second-order valence-electron chi connectivity index (χ2n) is 6.18. The van der Waals surface area contributed by atoms with Gasteiger partial charge < -0.3 is 5.11 Å². The van der Waals surface area contributed by atoms with Gasteiger partial charge in [0.25, 0.3) is 0 Å². The molecule has 0 amide bonds. The molecule has 0 spiro atoms. The van der Waals surface area contributed by atoms with E-state index in [1.54, 1.807) is 0 Å². The van der Waals surface area contributed by atoms with Crippen molar-refractivity contribution in [3.05, 3.63) is 34.9 Å². The lowest BCUT2D eigenvalue weighted by molar-refractivity contribution is 0.0151. The minimum absolute atomic E-state index is 0.217. The lowest BCUT2D eigenvalue weighted by Gasteiger charge is -2.42. The molecular weight excluding hydrogens is 228 g/mol. The highest BCUT2D eigenvalue weighted by Gasteiger charge is 2.40. The van der Waals surface area contributed by atoms with Crippen LogP contribution in [-0.2, 0) is 5.60 Å². The Morgan fingerprint density at radius 3 is 2.47 bits per heavy atom. The molecule has 1 atom stereocenters. The van der Waals surface area contributed by atoms with Crippen LogP contribution < -0.4 is 0 Å². The first-order valence-corrected chi connectivity index (χ1v) is 7.36. The molecular formula is C15H22OS. The van der Waals surface area contributed by atoms with Crippen LogP contribution in [0.15, 0.2) is 18.2 Å². The lowest BCUT2D eigenvalue weighted by atomic mass is 9.77. The van der Waals surface area contributed by atoms with Crippen molar-refractivity contribution >= 4 is 11.8 Å². The smallest absolute Gasteiger partial charge is 0.0994 e. The topological polar surface area (TPSA) is 20.2 Å².